The van der Waals surface area contributed by atoms with Crippen LogP contribution >= 0.6 is 0 Å². The summed E-state index contributed by atoms with van der Waals surface area (Å²) >= 11 is 0. The van der Waals surface area contributed by atoms with Crippen molar-refractivity contribution in [3.63, 3.8) is 0 Å². The van der Waals surface area contributed by atoms with Crippen LogP contribution in [0.2, 0.25) is 0 Å². The van der Waals surface area contributed by atoms with Crippen LogP contribution in [0.3, 0.4) is 0 Å². The van der Waals surface area contributed by atoms with Gasteiger partial charge in [-0.15, -0.1) is 0 Å². The summed E-state index contributed by atoms with van der Waals surface area (Å²) in [5.41, 5.74) is 0. The van der Waals surface area contributed by atoms with Gasteiger partial charge < -0.3 is 9.84 Å². The van der Waals surface area contributed by atoms with Crippen molar-refractivity contribution in [3.05, 3.63) is 12.2 Å². The second-order valence-electron chi connectivity index (χ2n) is 3.25. The Morgan fingerprint density at radius 2 is 2.25 bits per heavy atom. The van der Waals surface area contributed by atoms with Crippen LogP contribution in [0.4, 0.5) is 0 Å². The van der Waals surface area contributed by atoms with Gasteiger partial charge in [-0.05, 0) is 6.42 Å². The lowest BCUT2D eigenvalue weighted by atomic mass is 10.1. The molecule has 0 bridgehead atoms. The monoisotopic (exact) mass is 170 g/mol. The molecule has 2 atom stereocenters. The first-order chi connectivity index (χ1) is 5.88. The first-order valence-corrected chi connectivity index (χ1v) is 4.81. The summed E-state index contributed by atoms with van der Waals surface area (Å²) in [6.45, 7) is 2.33. The molecular weight excluding hydrogens is 152 g/mol. The van der Waals surface area contributed by atoms with Crippen molar-refractivity contribution in [2.24, 2.45) is 0 Å². The Morgan fingerprint density at radius 3 is 2.92 bits per heavy atom. The predicted molar refractivity (Wildman–Crippen MR) is 49.0 cm³/mol. The average molecular weight is 170 g/mol. The number of aliphatic hydroxyl groups excluding tert-OH is 1. The summed E-state index contributed by atoms with van der Waals surface area (Å²) in [5.74, 6) is 0. The van der Waals surface area contributed by atoms with Crippen LogP contribution < -0.4 is 0 Å². The Morgan fingerprint density at radius 1 is 1.42 bits per heavy atom. The molecule has 0 aromatic heterocycles. The molecule has 1 heterocycles. The molecule has 1 aliphatic heterocycles. The van der Waals surface area contributed by atoms with Gasteiger partial charge in [0.25, 0.3) is 0 Å². The van der Waals surface area contributed by atoms with E-state index in [0.29, 0.717) is 12.2 Å². The molecule has 1 N–H and O–H groups in total. The molecule has 0 amide bonds. The quantitative estimate of drug-likeness (QED) is 0.375. The summed E-state index contributed by atoms with van der Waals surface area (Å²) in [7, 11) is 0. The molecule has 0 aromatic rings. The topological polar surface area (TPSA) is 32.8 Å². The molecule has 0 radical (unpaired) electrons. The van der Waals surface area contributed by atoms with Gasteiger partial charge in [0.2, 0.25) is 0 Å². The van der Waals surface area contributed by atoms with E-state index in [-0.39, 0.29) is 6.61 Å². The maximum Gasteiger partial charge on any atom is 0.102 e. The Bertz CT molecular complexity index is 143. The van der Waals surface area contributed by atoms with E-state index in [1.807, 2.05) is 6.08 Å². The maximum atomic E-state index is 8.50. The van der Waals surface area contributed by atoms with E-state index in [2.05, 4.69) is 6.92 Å². The third-order valence-corrected chi connectivity index (χ3v) is 2.15. The second-order valence-corrected chi connectivity index (χ2v) is 3.25. The number of epoxide rings is 1. The van der Waals surface area contributed by atoms with Crippen LogP contribution in [-0.4, -0.2) is 23.9 Å². The molecular formula is C10H18O2. The molecule has 70 valence electrons. The Labute approximate surface area is 74.2 Å². The fourth-order valence-corrected chi connectivity index (χ4v) is 1.35. The highest BCUT2D eigenvalue weighted by Gasteiger charge is 2.35. The average Bonchev–Trinajstić information content (AvgIpc) is 2.81. The van der Waals surface area contributed by atoms with Gasteiger partial charge in [-0.2, -0.15) is 0 Å². The first kappa shape index (κ1) is 9.75. The smallest absolute Gasteiger partial charge is 0.102 e. The zero-order valence-electron chi connectivity index (χ0n) is 7.70. The highest BCUT2D eigenvalue weighted by atomic mass is 16.6. The van der Waals surface area contributed by atoms with Crippen LogP contribution in [0.25, 0.3) is 0 Å². The molecule has 1 fully saturated rings. The van der Waals surface area contributed by atoms with Gasteiger partial charge in [0.05, 0.1) is 12.7 Å². The zero-order chi connectivity index (χ0) is 8.81. The van der Waals surface area contributed by atoms with Crippen LogP contribution in [0.1, 0.15) is 32.6 Å². The van der Waals surface area contributed by atoms with E-state index in [4.69, 9.17) is 9.84 Å². The van der Waals surface area contributed by atoms with Crippen LogP contribution in [-0.2, 0) is 4.74 Å². The van der Waals surface area contributed by atoms with E-state index in [1.165, 1.54) is 25.7 Å². The van der Waals surface area contributed by atoms with Crippen molar-refractivity contribution in [2.45, 2.75) is 44.8 Å². The fraction of sp³-hybridized carbons (Fsp3) is 0.800. The van der Waals surface area contributed by atoms with Crippen LogP contribution in [0.5, 0.6) is 0 Å². The molecule has 0 unspecified atom stereocenters. The molecule has 1 saturated heterocycles. The van der Waals surface area contributed by atoms with E-state index in [1.54, 1.807) is 6.08 Å². The number of rotatable bonds is 6. The zero-order valence-corrected chi connectivity index (χ0v) is 7.70. The summed E-state index contributed by atoms with van der Waals surface area (Å²) in [6, 6.07) is 0. The minimum absolute atomic E-state index is 0.127. The van der Waals surface area contributed by atoms with Crippen molar-refractivity contribution in [2.75, 3.05) is 6.61 Å². The Balaban J connectivity index is 1.97. The van der Waals surface area contributed by atoms with Gasteiger partial charge in [-0.1, -0.05) is 38.3 Å². The molecule has 2 nitrogen and oxygen atoms in total. The molecule has 0 aliphatic carbocycles. The summed E-state index contributed by atoms with van der Waals surface area (Å²) < 4.78 is 5.37. The second kappa shape index (κ2) is 5.33. The van der Waals surface area contributed by atoms with Gasteiger partial charge in [-0.3, -0.25) is 0 Å². The minimum Gasteiger partial charge on any atom is -0.392 e. The lowest BCUT2D eigenvalue weighted by Crippen LogP contribution is -1.90. The van der Waals surface area contributed by atoms with Gasteiger partial charge >= 0.3 is 0 Å². The summed E-state index contributed by atoms with van der Waals surface area (Å²) in [5, 5.41) is 8.50. The van der Waals surface area contributed by atoms with E-state index >= 15 is 0 Å². The van der Waals surface area contributed by atoms with Crippen molar-refractivity contribution < 1.29 is 9.84 Å². The van der Waals surface area contributed by atoms with Crippen molar-refractivity contribution in [1.82, 2.24) is 0 Å². The van der Waals surface area contributed by atoms with Gasteiger partial charge in [0, 0.05) is 0 Å². The highest BCUT2D eigenvalue weighted by Crippen LogP contribution is 2.28. The molecule has 0 saturated carbocycles. The molecule has 1 rings (SSSR count). The third-order valence-electron chi connectivity index (χ3n) is 2.15. The summed E-state index contributed by atoms with van der Waals surface area (Å²) in [4.78, 5) is 0. The number of hydrogen-bond donors (Lipinski definition) is 1. The molecule has 0 aromatic carbocycles. The van der Waals surface area contributed by atoms with Crippen molar-refractivity contribution >= 4 is 0 Å². The van der Waals surface area contributed by atoms with Gasteiger partial charge in [-0.25, -0.2) is 0 Å². The number of unbranched alkanes of at least 4 members (excludes halogenated alkanes) is 2. The molecule has 2 heteroatoms. The highest BCUT2D eigenvalue weighted by molar-refractivity contribution is 5.02. The lowest BCUT2D eigenvalue weighted by Gasteiger charge is -1.92. The van der Waals surface area contributed by atoms with Gasteiger partial charge in [0.15, 0.2) is 0 Å². The van der Waals surface area contributed by atoms with E-state index < -0.39 is 0 Å². The standard InChI is InChI=1S/C10H18O2/c1-2-3-4-6-9-10(12-9)7-5-8-11/h5,7,9-11H,2-4,6,8H2,1H3/b7-5+/t9-,10+/m1/s1. The number of hydrogen-bond acceptors (Lipinski definition) is 2. The predicted octanol–water partition coefficient (Wildman–Crippen LogP) is 1.88. The van der Waals surface area contributed by atoms with E-state index in [9.17, 15) is 0 Å². The molecule has 12 heavy (non-hydrogen) atoms. The summed E-state index contributed by atoms with van der Waals surface area (Å²) in [6.07, 6.45) is 9.47. The Kier molecular flexibility index (Phi) is 4.33. The fourth-order valence-electron chi connectivity index (χ4n) is 1.35. The van der Waals surface area contributed by atoms with Crippen LogP contribution in [0, 0.1) is 0 Å². The lowest BCUT2D eigenvalue weighted by molar-refractivity contribution is 0.340. The SMILES string of the molecule is CCCCC[C@H]1O[C@H]1/C=C/CO. The van der Waals surface area contributed by atoms with Crippen LogP contribution in [0.15, 0.2) is 12.2 Å². The van der Waals surface area contributed by atoms with Gasteiger partial charge in [0.1, 0.15) is 6.10 Å². The first-order valence-electron chi connectivity index (χ1n) is 4.81. The molecule has 0 spiro atoms. The van der Waals surface area contributed by atoms with Crippen molar-refractivity contribution in [3.8, 4) is 0 Å². The van der Waals surface area contributed by atoms with Crippen molar-refractivity contribution in [1.29, 1.82) is 0 Å². The Hall–Kier alpha value is -0.340. The largest absolute Gasteiger partial charge is 0.392 e. The number of ether oxygens (including phenoxy) is 1. The molecule has 1 aliphatic rings. The minimum atomic E-state index is 0.127. The normalized spacial score (nSPS) is 28.2. The maximum absolute atomic E-state index is 8.50. The number of aliphatic hydroxyl groups is 1. The third kappa shape index (κ3) is 3.37. The van der Waals surface area contributed by atoms with E-state index in [0.717, 1.165) is 0 Å².